The fraction of sp³-hybridized carbons (Fsp3) is 0.867. The average molecular weight is 301 g/mol. The van der Waals surface area contributed by atoms with Crippen molar-refractivity contribution < 1.29 is 14.3 Å². The number of carbonyl (C=O) groups is 2. The van der Waals surface area contributed by atoms with Gasteiger partial charge < -0.3 is 19.4 Å². The summed E-state index contributed by atoms with van der Waals surface area (Å²) < 4.78 is 5.51. The summed E-state index contributed by atoms with van der Waals surface area (Å²) in [6, 6.07) is 0. The van der Waals surface area contributed by atoms with Gasteiger partial charge in [0.25, 0.3) is 0 Å². The fourth-order valence-corrected chi connectivity index (χ4v) is 1.68. The van der Waals surface area contributed by atoms with Gasteiger partial charge in [0.1, 0.15) is 0 Å². The third-order valence-corrected chi connectivity index (χ3v) is 3.55. The highest BCUT2D eigenvalue weighted by Gasteiger charge is 2.03. The van der Waals surface area contributed by atoms with E-state index < -0.39 is 0 Å². The lowest BCUT2D eigenvalue weighted by molar-refractivity contribution is -0.128. The number of hydrogen-bond donors (Lipinski definition) is 0. The SMILES string of the molecule is CC(=O)N(C)CCCCN(C)CCOCCN(C)C(C)=O. The minimum atomic E-state index is 0.0613. The summed E-state index contributed by atoms with van der Waals surface area (Å²) in [4.78, 5) is 27.6. The van der Waals surface area contributed by atoms with E-state index >= 15 is 0 Å². The predicted octanol–water partition coefficient (Wildman–Crippen LogP) is 0.672. The second kappa shape index (κ2) is 11.5. The van der Waals surface area contributed by atoms with E-state index in [9.17, 15) is 9.59 Å². The van der Waals surface area contributed by atoms with Crippen molar-refractivity contribution in [2.45, 2.75) is 26.7 Å². The minimum Gasteiger partial charge on any atom is -0.378 e. The highest BCUT2D eigenvalue weighted by molar-refractivity contribution is 5.73. The second-order valence-electron chi connectivity index (χ2n) is 5.50. The summed E-state index contributed by atoms with van der Waals surface area (Å²) in [6.45, 7) is 7.73. The molecule has 0 aliphatic rings. The van der Waals surface area contributed by atoms with Crippen LogP contribution in [-0.4, -0.2) is 87.0 Å². The number of likely N-dealkylation sites (N-methyl/N-ethyl adjacent to an activating group) is 2. The Morgan fingerprint density at radius 2 is 1.24 bits per heavy atom. The molecule has 0 saturated carbocycles. The van der Waals surface area contributed by atoms with Gasteiger partial charge in [-0.2, -0.15) is 0 Å². The van der Waals surface area contributed by atoms with Gasteiger partial charge >= 0.3 is 0 Å². The molecule has 0 saturated heterocycles. The molecular weight excluding hydrogens is 270 g/mol. The van der Waals surface area contributed by atoms with E-state index in [0.717, 1.165) is 32.5 Å². The first-order valence-electron chi connectivity index (χ1n) is 7.54. The number of ether oxygens (including phenoxy) is 1. The van der Waals surface area contributed by atoms with Crippen LogP contribution in [0.15, 0.2) is 0 Å². The third-order valence-electron chi connectivity index (χ3n) is 3.55. The van der Waals surface area contributed by atoms with E-state index in [1.54, 1.807) is 30.7 Å². The van der Waals surface area contributed by atoms with Crippen LogP contribution in [0.1, 0.15) is 26.7 Å². The van der Waals surface area contributed by atoms with Crippen LogP contribution in [0.5, 0.6) is 0 Å². The van der Waals surface area contributed by atoms with E-state index in [1.807, 2.05) is 7.05 Å². The predicted molar refractivity (Wildman–Crippen MR) is 84.2 cm³/mol. The molecule has 0 aromatic carbocycles. The first-order chi connectivity index (χ1) is 9.84. The molecule has 2 amide bonds. The number of amides is 2. The smallest absolute Gasteiger partial charge is 0.219 e. The van der Waals surface area contributed by atoms with Crippen molar-refractivity contribution in [2.75, 3.05) is 60.5 Å². The molecule has 0 N–H and O–H groups in total. The third kappa shape index (κ3) is 11.2. The van der Waals surface area contributed by atoms with Crippen LogP contribution >= 0.6 is 0 Å². The lowest BCUT2D eigenvalue weighted by Gasteiger charge is -2.19. The van der Waals surface area contributed by atoms with Crippen molar-refractivity contribution in [3.63, 3.8) is 0 Å². The second-order valence-corrected chi connectivity index (χ2v) is 5.50. The molecule has 0 aliphatic carbocycles. The van der Waals surface area contributed by atoms with Gasteiger partial charge in [-0.3, -0.25) is 9.59 Å². The Morgan fingerprint density at radius 3 is 1.81 bits per heavy atom. The van der Waals surface area contributed by atoms with E-state index in [1.165, 1.54) is 0 Å². The van der Waals surface area contributed by atoms with Crippen molar-refractivity contribution >= 4 is 11.8 Å². The largest absolute Gasteiger partial charge is 0.378 e. The molecule has 124 valence electrons. The highest BCUT2D eigenvalue weighted by atomic mass is 16.5. The van der Waals surface area contributed by atoms with Gasteiger partial charge in [-0.15, -0.1) is 0 Å². The van der Waals surface area contributed by atoms with Crippen LogP contribution in [0, 0.1) is 0 Å². The summed E-state index contributed by atoms with van der Waals surface area (Å²) in [5.41, 5.74) is 0. The van der Waals surface area contributed by atoms with E-state index in [-0.39, 0.29) is 11.8 Å². The Labute approximate surface area is 129 Å². The Bertz CT molecular complexity index is 311. The molecule has 0 rings (SSSR count). The molecule has 0 aromatic rings. The maximum absolute atomic E-state index is 11.0. The molecule has 6 heteroatoms. The van der Waals surface area contributed by atoms with Crippen LogP contribution in [-0.2, 0) is 14.3 Å². The van der Waals surface area contributed by atoms with Crippen LogP contribution in [0.4, 0.5) is 0 Å². The Balaban J connectivity index is 3.44. The molecule has 0 fully saturated rings. The van der Waals surface area contributed by atoms with Gasteiger partial charge in [-0.1, -0.05) is 0 Å². The Hall–Kier alpha value is -1.14. The zero-order valence-corrected chi connectivity index (χ0v) is 14.2. The molecule has 0 spiro atoms. The topological polar surface area (TPSA) is 53.1 Å². The van der Waals surface area contributed by atoms with Crippen molar-refractivity contribution in [3.05, 3.63) is 0 Å². The standard InChI is InChI=1S/C15H31N3O3/c1-14(19)17(4)9-7-6-8-16(3)10-12-21-13-11-18(5)15(2)20/h6-13H2,1-5H3. The molecule has 0 aliphatic heterocycles. The van der Waals surface area contributed by atoms with Gasteiger partial charge in [0.2, 0.25) is 11.8 Å². The van der Waals surface area contributed by atoms with E-state index in [4.69, 9.17) is 4.74 Å². The number of rotatable bonds is 11. The van der Waals surface area contributed by atoms with E-state index in [0.29, 0.717) is 19.8 Å². The molecule has 0 radical (unpaired) electrons. The van der Waals surface area contributed by atoms with Gasteiger partial charge in [-0.25, -0.2) is 0 Å². The quantitative estimate of drug-likeness (QED) is 0.526. The fourth-order valence-electron chi connectivity index (χ4n) is 1.68. The number of hydrogen-bond acceptors (Lipinski definition) is 4. The number of carbonyl (C=O) groups excluding carboxylic acids is 2. The molecule has 0 atom stereocenters. The molecule has 6 nitrogen and oxygen atoms in total. The monoisotopic (exact) mass is 301 g/mol. The lowest BCUT2D eigenvalue weighted by atomic mass is 10.3. The summed E-state index contributed by atoms with van der Waals surface area (Å²) in [5, 5.41) is 0. The maximum Gasteiger partial charge on any atom is 0.219 e. The van der Waals surface area contributed by atoms with E-state index in [2.05, 4.69) is 11.9 Å². The highest BCUT2D eigenvalue weighted by Crippen LogP contribution is 1.96. The van der Waals surface area contributed by atoms with Gasteiger partial charge in [0.05, 0.1) is 13.2 Å². The summed E-state index contributed by atoms with van der Waals surface area (Å²) in [6.07, 6.45) is 2.09. The molecule has 0 bridgehead atoms. The first kappa shape index (κ1) is 19.9. The van der Waals surface area contributed by atoms with Crippen molar-refractivity contribution in [2.24, 2.45) is 0 Å². The van der Waals surface area contributed by atoms with Crippen molar-refractivity contribution in [1.82, 2.24) is 14.7 Å². The number of unbranched alkanes of at least 4 members (excludes halogenated alkanes) is 1. The Kier molecular flexibility index (Phi) is 10.9. The van der Waals surface area contributed by atoms with Gasteiger partial charge in [0, 0.05) is 47.6 Å². The summed E-state index contributed by atoms with van der Waals surface area (Å²) >= 11 is 0. The summed E-state index contributed by atoms with van der Waals surface area (Å²) in [7, 11) is 5.67. The van der Waals surface area contributed by atoms with Crippen LogP contribution in [0.3, 0.4) is 0 Å². The maximum atomic E-state index is 11.0. The molecule has 0 aromatic heterocycles. The van der Waals surface area contributed by atoms with Gasteiger partial charge in [-0.05, 0) is 26.4 Å². The van der Waals surface area contributed by atoms with Crippen LogP contribution < -0.4 is 0 Å². The minimum absolute atomic E-state index is 0.0613. The van der Waals surface area contributed by atoms with Crippen molar-refractivity contribution in [1.29, 1.82) is 0 Å². The average Bonchev–Trinajstić information content (AvgIpc) is 2.42. The zero-order valence-electron chi connectivity index (χ0n) is 14.2. The zero-order chi connectivity index (χ0) is 16.3. The van der Waals surface area contributed by atoms with Crippen LogP contribution in [0.2, 0.25) is 0 Å². The normalized spacial score (nSPS) is 10.8. The molecule has 0 unspecified atom stereocenters. The first-order valence-corrected chi connectivity index (χ1v) is 7.54. The molecular formula is C15H31N3O3. The number of nitrogens with zero attached hydrogens (tertiary/aromatic N) is 3. The lowest BCUT2D eigenvalue weighted by Crippen LogP contribution is -2.30. The summed E-state index contributed by atoms with van der Waals surface area (Å²) in [5.74, 6) is 0.179. The molecule has 0 heterocycles. The van der Waals surface area contributed by atoms with Crippen LogP contribution in [0.25, 0.3) is 0 Å². The van der Waals surface area contributed by atoms with Gasteiger partial charge in [0.15, 0.2) is 0 Å². The molecule has 21 heavy (non-hydrogen) atoms. The Morgan fingerprint density at radius 1 is 0.762 bits per heavy atom. The van der Waals surface area contributed by atoms with Crippen molar-refractivity contribution in [3.8, 4) is 0 Å².